The summed E-state index contributed by atoms with van der Waals surface area (Å²) in [6.07, 6.45) is -0.628. The number of ether oxygens (including phenoxy) is 2. The van der Waals surface area contributed by atoms with Crippen molar-refractivity contribution < 1.29 is 14.6 Å². The fourth-order valence-electron chi connectivity index (χ4n) is 1.95. The van der Waals surface area contributed by atoms with Gasteiger partial charge in [-0.25, -0.2) is 0 Å². The second kappa shape index (κ2) is 5.21. The molecule has 0 amide bonds. The number of rotatable bonds is 5. The van der Waals surface area contributed by atoms with Crippen LogP contribution in [0, 0.1) is 0 Å². The molecule has 1 saturated heterocycles. The molecule has 0 aliphatic carbocycles. The number of hydrogen-bond acceptors (Lipinski definition) is 3. The average molecular weight is 287 g/mol. The number of aliphatic hydroxyl groups is 1. The third-order valence-corrected chi connectivity index (χ3v) is 5.38. The first kappa shape index (κ1) is 13.9. The molecule has 1 fully saturated rings. The van der Waals surface area contributed by atoms with E-state index in [1.165, 1.54) is 0 Å². The van der Waals surface area contributed by atoms with Crippen LogP contribution in [-0.4, -0.2) is 37.7 Å². The molecule has 0 saturated carbocycles. The van der Waals surface area contributed by atoms with Gasteiger partial charge in [-0.1, -0.05) is 37.3 Å². The highest BCUT2D eigenvalue weighted by atomic mass is 35.5. The molecule has 0 spiro atoms. The molecule has 3 nitrogen and oxygen atoms in total. The molecule has 5 heteroatoms. The summed E-state index contributed by atoms with van der Waals surface area (Å²) in [6, 6.07) is 7.17. The minimum atomic E-state index is -1.33. The van der Waals surface area contributed by atoms with Crippen molar-refractivity contribution in [1.82, 2.24) is 0 Å². The second-order valence-corrected chi connectivity index (χ2v) is 11.5. The fourth-order valence-corrected chi connectivity index (χ4v) is 3.90. The molecular weight excluding hydrogens is 268 g/mol. The van der Waals surface area contributed by atoms with Gasteiger partial charge in [0.1, 0.15) is 24.6 Å². The maximum absolute atomic E-state index is 9.99. The Morgan fingerprint density at radius 3 is 2.72 bits per heavy atom. The molecule has 2 rings (SSSR count). The lowest BCUT2D eigenvalue weighted by Crippen LogP contribution is -2.35. The van der Waals surface area contributed by atoms with Crippen molar-refractivity contribution in [2.75, 3.05) is 6.61 Å². The van der Waals surface area contributed by atoms with Crippen LogP contribution >= 0.6 is 11.6 Å². The molecule has 100 valence electrons. The van der Waals surface area contributed by atoms with E-state index in [1.807, 2.05) is 12.1 Å². The quantitative estimate of drug-likeness (QED) is 0.668. The molecule has 0 aromatic heterocycles. The van der Waals surface area contributed by atoms with Gasteiger partial charge < -0.3 is 14.6 Å². The fraction of sp³-hybridized carbons (Fsp3) is 0.538. The van der Waals surface area contributed by atoms with Gasteiger partial charge in [0.2, 0.25) is 0 Å². The molecule has 2 unspecified atom stereocenters. The molecule has 0 radical (unpaired) electrons. The van der Waals surface area contributed by atoms with E-state index in [-0.39, 0.29) is 18.4 Å². The summed E-state index contributed by atoms with van der Waals surface area (Å²) < 4.78 is 11.1. The van der Waals surface area contributed by atoms with Gasteiger partial charge in [-0.2, -0.15) is 0 Å². The molecule has 18 heavy (non-hydrogen) atoms. The Labute approximate surface area is 114 Å². The van der Waals surface area contributed by atoms with Gasteiger partial charge in [-0.15, -0.1) is 0 Å². The van der Waals surface area contributed by atoms with Gasteiger partial charge >= 0.3 is 0 Å². The van der Waals surface area contributed by atoms with Crippen LogP contribution in [0.25, 0.3) is 0 Å². The normalized spacial score (nSPS) is 24.7. The number of halogens is 1. The molecule has 1 N–H and O–H groups in total. The average Bonchev–Trinajstić information content (AvgIpc) is 3.05. The van der Waals surface area contributed by atoms with Crippen LogP contribution < -0.4 is 4.74 Å². The van der Waals surface area contributed by atoms with Crippen molar-refractivity contribution in [3.63, 3.8) is 0 Å². The van der Waals surface area contributed by atoms with Gasteiger partial charge in [0.25, 0.3) is 0 Å². The van der Waals surface area contributed by atoms with E-state index in [9.17, 15) is 5.11 Å². The van der Waals surface area contributed by atoms with Crippen LogP contribution in [0.2, 0.25) is 24.7 Å². The number of epoxide rings is 1. The molecule has 3 atom stereocenters. The highest BCUT2D eigenvalue weighted by molar-refractivity contribution is 6.78. The topological polar surface area (TPSA) is 42.0 Å². The lowest BCUT2D eigenvalue weighted by Gasteiger charge is -2.14. The molecule has 1 aliphatic rings. The summed E-state index contributed by atoms with van der Waals surface area (Å²) >= 11 is 5.86. The Morgan fingerprint density at radius 2 is 2.17 bits per heavy atom. The monoisotopic (exact) mass is 286 g/mol. The van der Waals surface area contributed by atoms with E-state index in [0.717, 1.165) is 0 Å². The van der Waals surface area contributed by atoms with Crippen molar-refractivity contribution in [1.29, 1.82) is 0 Å². The summed E-state index contributed by atoms with van der Waals surface area (Å²) in [5, 5.41) is 10.6. The third-order valence-electron chi connectivity index (χ3n) is 2.98. The lowest BCUT2D eigenvalue weighted by molar-refractivity contribution is 0.0809. The Hall–Kier alpha value is -0.553. The van der Waals surface area contributed by atoms with E-state index >= 15 is 0 Å². The van der Waals surface area contributed by atoms with Crippen LogP contribution in [-0.2, 0) is 4.74 Å². The molecule has 1 aromatic carbocycles. The number of aliphatic hydroxyl groups excluding tert-OH is 1. The summed E-state index contributed by atoms with van der Waals surface area (Å²) in [5.74, 6) is 0.673. The Balaban J connectivity index is 1.82. The first-order valence-electron chi connectivity index (χ1n) is 6.10. The predicted octanol–water partition coefficient (Wildman–Crippen LogP) is 2.72. The van der Waals surface area contributed by atoms with Crippen LogP contribution in [0.15, 0.2) is 24.3 Å². The molecule has 0 bridgehead atoms. The second-order valence-electron chi connectivity index (χ2n) is 5.72. The van der Waals surface area contributed by atoms with Crippen molar-refractivity contribution in [3.05, 3.63) is 29.3 Å². The summed E-state index contributed by atoms with van der Waals surface area (Å²) in [6.45, 7) is 6.96. The van der Waals surface area contributed by atoms with E-state index in [1.54, 1.807) is 12.1 Å². The van der Waals surface area contributed by atoms with Crippen molar-refractivity contribution in [2.24, 2.45) is 0 Å². The number of benzene rings is 1. The highest BCUT2D eigenvalue weighted by Crippen LogP contribution is 2.33. The minimum Gasteiger partial charge on any atom is -0.491 e. The SMILES string of the molecule is C[Si](C)(C)C1OC1[C@@H](O)COc1cccc(Cl)c1. The van der Waals surface area contributed by atoms with Crippen LogP contribution in [0.5, 0.6) is 5.75 Å². The Kier molecular flexibility index (Phi) is 4.01. The van der Waals surface area contributed by atoms with E-state index in [4.69, 9.17) is 21.1 Å². The van der Waals surface area contributed by atoms with Gasteiger partial charge in [0, 0.05) is 5.02 Å². The Morgan fingerprint density at radius 1 is 1.44 bits per heavy atom. The van der Waals surface area contributed by atoms with Crippen LogP contribution in [0.4, 0.5) is 0 Å². The van der Waals surface area contributed by atoms with Gasteiger partial charge in [-0.05, 0) is 18.2 Å². The van der Waals surface area contributed by atoms with Crippen molar-refractivity contribution in [2.45, 2.75) is 37.6 Å². The maximum atomic E-state index is 9.99. The molecule has 1 heterocycles. The third kappa shape index (κ3) is 3.48. The zero-order chi connectivity index (χ0) is 13.3. The predicted molar refractivity (Wildman–Crippen MR) is 75.0 cm³/mol. The van der Waals surface area contributed by atoms with Gasteiger partial charge in [0.05, 0.1) is 13.8 Å². The van der Waals surface area contributed by atoms with E-state index in [0.29, 0.717) is 10.8 Å². The Bertz CT molecular complexity index is 419. The van der Waals surface area contributed by atoms with Gasteiger partial charge in [0.15, 0.2) is 0 Å². The minimum absolute atomic E-state index is 0.0594. The van der Waals surface area contributed by atoms with Crippen LogP contribution in [0.3, 0.4) is 0 Å². The van der Waals surface area contributed by atoms with Crippen LogP contribution in [0.1, 0.15) is 0 Å². The van der Waals surface area contributed by atoms with Gasteiger partial charge in [-0.3, -0.25) is 0 Å². The summed E-state index contributed by atoms with van der Waals surface area (Å²) in [5.41, 5.74) is 0.246. The maximum Gasteiger partial charge on any atom is 0.120 e. The summed E-state index contributed by atoms with van der Waals surface area (Å²) in [4.78, 5) is 0. The first-order valence-corrected chi connectivity index (χ1v) is 10.1. The molecular formula is C13H19ClO3Si. The summed E-state index contributed by atoms with van der Waals surface area (Å²) in [7, 11) is -1.33. The first-order chi connectivity index (χ1) is 8.38. The zero-order valence-electron chi connectivity index (χ0n) is 10.9. The zero-order valence-corrected chi connectivity index (χ0v) is 12.6. The lowest BCUT2D eigenvalue weighted by atomic mass is 10.3. The van der Waals surface area contributed by atoms with E-state index in [2.05, 4.69) is 19.6 Å². The van der Waals surface area contributed by atoms with Crippen molar-refractivity contribution in [3.8, 4) is 5.75 Å². The van der Waals surface area contributed by atoms with Crippen molar-refractivity contribution >= 4 is 19.7 Å². The standard InChI is InChI=1S/C13H19ClO3Si/c1-18(2,3)13-12(17-13)11(15)8-16-10-6-4-5-9(14)7-10/h4-7,11-13,15H,8H2,1-3H3/t11-,12?,13?/m0/s1. The number of hydrogen-bond donors (Lipinski definition) is 1. The molecule has 1 aromatic rings. The highest BCUT2D eigenvalue weighted by Gasteiger charge is 2.51. The van der Waals surface area contributed by atoms with E-state index < -0.39 is 14.2 Å². The smallest absolute Gasteiger partial charge is 0.120 e. The largest absolute Gasteiger partial charge is 0.491 e. The molecule has 1 aliphatic heterocycles.